The minimum absolute atomic E-state index is 0.0674. The fourth-order valence-corrected chi connectivity index (χ4v) is 2.67. The Labute approximate surface area is 172 Å². The quantitative estimate of drug-likeness (QED) is 0.347. The average Bonchev–Trinajstić information content (AvgIpc) is 3.13. The number of nitrogens with one attached hydrogen (secondary N) is 1. The summed E-state index contributed by atoms with van der Waals surface area (Å²) in [5, 5.41) is 49.0. The van der Waals surface area contributed by atoms with Gasteiger partial charge in [-0.1, -0.05) is 18.2 Å². The first kappa shape index (κ1) is 20.8. The minimum atomic E-state index is -0.925. The van der Waals surface area contributed by atoms with E-state index in [0.717, 1.165) is 10.7 Å². The minimum Gasteiger partial charge on any atom is -0.504 e. The van der Waals surface area contributed by atoms with E-state index in [2.05, 4.69) is 27.1 Å². The van der Waals surface area contributed by atoms with Crippen molar-refractivity contribution in [3.8, 4) is 34.3 Å². The molecule has 3 rings (SSSR count). The van der Waals surface area contributed by atoms with Gasteiger partial charge in [0.1, 0.15) is 22.5 Å². The van der Waals surface area contributed by atoms with E-state index in [1.807, 2.05) is 0 Å². The first-order valence-corrected chi connectivity index (χ1v) is 8.56. The summed E-state index contributed by atoms with van der Waals surface area (Å²) in [6.45, 7) is 2.87. The fourth-order valence-electron chi connectivity index (χ4n) is 2.50. The molecule has 156 valence electrons. The number of amides is 1. The predicted octanol–water partition coefficient (Wildman–Crippen LogP) is 0.0340. The number of rotatable bonds is 5. The number of aromatic hydroxyl groups is 3. The first-order chi connectivity index (χ1) is 14.1. The summed E-state index contributed by atoms with van der Waals surface area (Å²) in [6, 6.07) is 0.971. The molecule has 3 aromatic heterocycles. The highest BCUT2D eigenvalue weighted by Gasteiger charge is 2.25. The molecule has 30 heavy (non-hydrogen) atoms. The smallest absolute Gasteiger partial charge is 0.284 e. The zero-order valence-corrected chi connectivity index (χ0v) is 16.1. The Morgan fingerprint density at radius 1 is 1.30 bits per heavy atom. The molecule has 0 aliphatic heterocycles. The van der Waals surface area contributed by atoms with Gasteiger partial charge in [0.25, 0.3) is 11.5 Å². The molecule has 13 heteroatoms. The molecular formula is C17H15ClN6O6. The molecule has 1 amide bonds. The number of hydrogen-bond donors (Lipinski definition) is 5. The topological polar surface area (TPSA) is 176 Å². The third kappa shape index (κ3) is 3.68. The monoisotopic (exact) mass is 434 g/mol. The first-order valence-electron chi connectivity index (χ1n) is 8.18. The third-order valence-electron chi connectivity index (χ3n) is 3.91. The van der Waals surface area contributed by atoms with Crippen molar-refractivity contribution in [2.75, 3.05) is 6.61 Å². The highest BCUT2D eigenvalue weighted by atomic mass is 35.5. The number of hydrogen-bond acceptors (Lipinski definition) is 9. The number of aromatic nitrogens is 5. The number of aliphatic hydroxyl groups is 1. The zero-order valence-electron chi connectivity index (χ0n) is 15.4. The van der Waals surface area contributed by atoms with E-state index in [1.165, 1.54) is 17.1 Å². The maximum Gasteiger partial charge on any atom is 0.284 e. The lowest BCUT2D eigenvalue weighted by Crippen LogP contribution is -2.34. The third-order valence-corrected chi connectivity index (χ3v) is 4.18. The normalized spacial score (nSPS) is 10.8. The summed E-state index contributed by atoms with van der Waals surface area (Å²) < 4.78 is 2.19. The molecule has 0 aliphatic rings. The SMILES string of the molecule is C=C(CO)NC(=O)c1cc(-c2c(O)nc(Cl)c(O)c2O)nn(-c2cnn(C)c2)c1=O. The van der Waals surface area contributed by atoms with Crippen LogP contribution < -0.4 is 10.9 Å². The van der Waals surface area contributed by atoms with Crippen molar-refractivity contribution >= 4 is 17.5 Å². The summed E-state index contributed by atoms with van der Waals surface area (Å²) in [7, 11) is 1.59. The van der Waals surface area contributed by atoms with Gasteiger partial charge >= 0.3 is 0 Å². The van der Waals surface area contributed by atoms with Crippen LogP contribution >= 0.6 is 11.6 Å². The largest absolute Gasteiger partial charge is 0.504 e. The van der Waals surface area contributed by atoms with Gasteiger partial charge in [0.2, 0.25) is 5.88 Å². The second kappa shape index (κ2) is 7.85. The number of pyridine rings is 1. The van der Waals surface area contributed by atoms with Crippen LogP contribution in [0.4, 0.5) is 0 Å². The zero-order chi connectivity index (χ0) is 22.2. The molecule has 5 N–H and O–H groups in total. The van der Waals surface area contributed by atoms with Crippen LogP contribution in [0, 0.1) is 0 Å². The van der Waals surface area contributed by atoms with E-state index in [4.69, 9.17) is 16.7 Å². The van der Waals surface area contributed by atoms with Crippen LogP contribution in [-0.2, 0) is 7.05 Å². The van der Waals surface area contributed by atoms with Crippen LogP contribution in [0.2, 0.25) is 5.15 Å². The van der Waals surface area contributed by atoms with Crippen LogP contribution in [0.15, 0.2) is 35.5 Å². The molecule has 0 unspecified atom stereocenters. The molecule has 0 saturated carbocycles. The van der Waals surface area contributed by atoms with Crippen LogP contribution in [0.1, 0.15) is 10.4 Å². The van der Waals surface area contributed by atoms with Gasteiger partial charge in [-0.3, -0.25) is 14.3 Å². The van der Waals surface area contributed by atoms with Crippen LogP contribution in [0.25, 0.3) is 16.9 Å². The standard InChI is InChI=1S/C17H15ClN6O6/c1-7(6-25)20-15(28)9-3-10(11-12(26)13(27)14(18)21-16(11)29)22-24(17(9)30)8-4-19-23(2)5-8/h3-5,25,27H,1,6H2,2H3,(H,20,28)(H2,21,26,29). The Morgan fingerprint density at radius 2 is 2.00 bits per heavy atom. The Bertz CT molecular complexity index is 1230. The van der Waals surface area contributed by atoms with E-state index in [-0.39, 0.29) is 17.1 Å². The number of aliphatic hydroxyl groups excluding tert-OH is 1. The number of carbonyl (C=O) groups is 1. The summed E-state index contributed by atoms with van der Waals surface area (Å²) in [5.41, 5.74) is -1.98. The highest BCUT2D eigenvalue weighted by molar-refractivity contribution is 6.31. The van der Waals surface area contributed by atoms with Crippen molar-refractivity contribution in [3.63, 3.8) is 0 Å². The van der Waals surface area contributed by atoms with Gasteiger partial charge in [0.15, 0.2) is 16.7 Å². The van der Waals surface area contributed by atoms with Crippen LogP contribution in [0.3, 0.4) is 0 Å². The van der Waals surface area contributed by atoms with Crippen molar-refractivity contribution in [3.05, 3.63) is 51.8 Å². The van der Waals surface area contributed by atoms with Crippen LogP contribution in [-0.4, -0.2) is 57.5 Å². The maximum absolute atomic E-state index is 12.9. The Morgan fingerprint density at radius 3 is 2.60 bits per heavy atom. The molecule has 0 bridgehead atoms. The maximum atomic E-state index is 12.9. The molecule has 3 aromatic rings. The van der Waals surface area contributed by atoms with Crippen LogP contribution in [0.5, 0.6) is 17.4 Å². The summed E-state index contributed by atoms with van der Waals surface area (Å²) in [4.78, 5) is 28.9. The van der Waals surface area contributed by atoms with E-state index >= 15 is 0 Å². The fraction of sp³-hybridized carbons (Fsp3) is 0.118. The summed E-state index contributed by atoms with van der Waals surface area (Å²) in [6.07, 6.45) is 2.73. The highest BCUT2D eigenvalue weighted by Crippen LogP contribution is 2.44. The Hall–Kier alpha value is -3.90. The molecule has 0 radical (unpaired) electrons. The molecule has 0 atom stereocenters. The Balaban J connectivity index is 2.31. The number of aryl methyl sites for hydroxylation is 1. The molecule has 0 aliphatic carbocycles. The molecule has 0 aromatic carbocycles. The molecular weight excluding hydrogens is 420 g/mol. The average molecular weight is 435 g/mol. The van der Waals surface area contributed by atoms with Gasteiger partial charge in [-0.05, 0) is 6.07 Å². The number of halogens is 1. The van der Waals surface area contributed by atoms with E-state index < -0.39 is 51.7 Å². The predicted molar refractivity (Wildman–Crippen MR) is 104 cm³/mol. The lowest BCUT2D eigenvalue weighted by molar-refractivity contribution is 0.0958. The van der Waals surface area contributed by atoms with Crippen molar-refractivity contribution in [2.45, 2.75) is 0 Å². The van der Waals surface area contributed by atoms with Crippen molar-refractivity contribution < 1.29 is 25.2 Å². The Kier molecular flexibility index (Phi) is 5.45. The van der Waals surface area contributed by atoms with E-state index in [0.29, 0.717) is 0 Å². The van der Waals surface area contributed by atoms with Gasteiger partial charge in [0, 0.05) is 12.7 Å². The lowest BCUT2D eigenvalue weighted by atomic mass is 10.1. The molecule has 12 nitrogen and oxygen atoms in total. The van der Waals surface area contributed by atoms with E-state index in [9.17, 15) is 24.9 Å². The van der Waals surface area contributed by atoms with Crippen molar-refractivity contribution in [1.82, 2.24) is 29.9 Å². The molecule has 0 fully saturated rings. The second-order valence-corrected chi connectivity index (χ2v) is 6.40. The van der Waals surface area contributed by atoms with E-state index in [1.54, 1.807) is 7.05 Å². The van der Waals surface area contributed by atoms with Gasteiger partial charge in [0.05, 0.1) is 19.0 Å². The molecule has 0 spiro atoms. The van der Waals surface area contributed by atoms with Gasteiger partial charge < -0.3 is 25.7 Å². The van der Waals surface area contributed by atoms with Gasteiger partial charge in [-0.25, -0.2) is 0 Å². The van der Waals surface area contributed by atoms with Crippen molar-refractivity contribution in [2.24, 2.45) is 7.05 Å². The number of nitrogens with zero attached hydrogens (tertiary/aromatic N) is 5. The number of carbonyl (C=O) groups excluding carboxylic acids is 1. The van der Waals surface area contributed by atoms with Gasteiger partial charge in [-0.2, -0.15) is 19.9 Å². The molecule has 3 heterocycles. The summed E-state index contributed by atoms with van der Waals surface area (Å²) >= 11 is 5.62. The lowest BCUT2D eigenvalue weighted by Gasteiger charge is -2.12. The molecule has 0 saturated heterocycles. The van der Waals surface area contributed by atoms with Crippen molar-refractivity contribution in [1.29, 1.82) is 0 Å². The second-order valence-electron chi connectivity index (χ2n) is 6.05. The van der Waals surface area contributed by atoms with Gasteiger partial charge in [-0.15, -0.1) is 0 Å². The summed E-state index contributed by atoms with van der Waals surface area (Å²) in [5.74, 6) is -3.41.